The highest BCUT2D eigenvalue weighted by Gasteiger charge is 2.21. The van der Waals surface area contributed by atoms with Crippen molar-refractivity contribution in [1.82, 2.24) is 14.8 Å². The van der Waals surface area contributed by atoms with Gasteiger partial charge in [-0.2, -0.15) is 0 Å². The Balaban J connectivity index is 1.49. The lowest BCUT2D eigenvalue weighted by molar-refractivity contribution is -0.115. The van der Waals surface area contributed by atoms with Gasteiger partial charge in [-0.1, -0.05) is 42.4 Å². The molecule has 8 heteroatoms. The Hall–Kier alpha value is -3.00. The number of anilines is 1. The SMILES string of the molecule is CCCn1c(SC(C)C(=O)Nc2ccc3c(c2)OCCO3)nnc1-c1cccc(C)c1. The highest BCUT2D eigenvalue weighted by Crippen LogP contribution is 2.33. The van der Waals surface area contributed by atoms with Crippen LogP contribution in [0.2, 0.25) is 0 Å². The van der Waals surface area contributed by atoms with E-state index in [4.69, 9.17) is 9.47 Å². The van der Waals surface area contributed by atoms with E-state index in [-0.39, 0.29) is 11.2 Å². The Kier molecular flexibility index (Phi) is 6.46. The minimum Gasteiger partial charge on any atom is -0.486 e. The summed E-state index contributed by atoms with van der Waals surface area (Å²) in [6, 6.07) is 13.6. The van der Waals surface area contributed by atoms with Crippen molar-refractivity contribution < 1.29 is 14.3 Å². The molecule has 0 spiro atoms. The van der Waals surface area contributed by atoms with E-state index in [0.29, 0.717) is 30.4 Å². The molecule has 2 heterocycles. The smallest absolute Gasteiger partial charge is 0.237 e. The third kappa shape index (κ3) is 4.85. The third-order valence-corrected chi connectivity index (χ3v) is 5.98. The minimum atomic E-state index is -0.349. The number of aryl methyl sites for hydroxylation is 1. The Labute approximate surface area is 186 Å². The number of nitrogens with zero attached hydrogens (tertiary/aromatic N) is 3. The minimum absolute atomic E-state index is 0.107. The van der Waals surface area contributed by atoms with Crippen molar-refractivity contribution >= 4 is 23.4 Å². The standard InChI is InChI=1S/C23H26N4O3S/c1-4-10-27-21(17-7-5-6-15(2)13-17)25-26-23(27)31-16(3)22(28)24-18-8-9-19-20(14-18)30-12-11-29-19/h5-9,13-14,16H,4,10-12H2,1-3H3,(H,24,28). The molecule has 3 aromatic rings. The average Bonchev–Trinajstić information content (AvgIpc) is 3.16. The number of fused-ring (bicyclic) bond motifs is 1. The summed E-state index contributed by atoms with van der Waals surface area (Å²) in [6.45, 7) is 7.88. The predicted molar refractivity (Wildman–Crippen MR) is 122 cm³/mol. The van der Waals surface area contributed by atoms with Crippen molar-refractivity contribution in [3.05, 3.63) is 48.0 Å². The molecule has 2 aromatic carbocycles. The quantitative estimate of drug-likeness (QED) is 0.545. The first kappa shape index (κ1) is 21.2. The lowest BCUT2D eigenvalue weighted by atomic mass is 10.1. The molecule has 1 aliphatic rings. The highest BCUT2D eigenvalue weighted by molar-refractivity contribution is 8.00. The van der Waals surface area contributed by atoms with E-state index < -0.39 is 0 Å². The van der Waals surface area contributed by atoms with Crippen molar-refractivity contribution in [2.45, 2.75) is 44.1 Å². The summed E-state index contributed by atoms with van der Waals surface area (Å²) >= 11 is 1.41. The summed E-state index contributed by atoms with van der Waals surface area (Å²) in [5, 5.41) is 12.2. The molecule has 0 saturated carbocycles. The number of ether oxygens (including phenoxy) is 2. The van der Waals surface area contributed by atoms with E-state index in [9.17, 15) is 4.79 Å². The van der Waals surface area contributed by atoms with E-state index in [1.54, 1.807) is 6.07 Å². The number of aromatic nitrogens is 3. The fraction of sp³-hybridized carbons (Fsp3) is 0.348. The van der Waals surface area contributed by atoms with Gasteiger partial charge in [-0.15, -0.1) is 10.2 Å². The summed E-state index contributed by atoms with van der Waals surface area (Å²) in [5.74, 6) is 2.06. The van der Waals surface area contributed by atoms with Gasteiger partial charge in [0.05, 0.1) is 5.25 Å². The first-order valence-corrected chi connectivity index (χ1v) is 11.3. The molecule has 0 fully saturated rings. The van der Waals surface area contributed by atoms with E-state index >= 15 is 0 Å². The van der Waals surface area contributed by atoms with Gasteiger partial charge in [-0.3, -0.25) is 4.79 Å². The van der Waals surface area contributed by atoms with Crippen LogP contribution < -0.4 is 14.8 Å². The monoisotopic (exact) mass is 438 g/mol. The van der Waals surface area contributed by atoms with Gasteiger partial charge in [0.1, 0.15) is 13.2 Å². The third-order valence-electron chi connectivity index (χ3n) is 4.90. The maximum absolute atomic E-state index is 12.8. The van der Waals surface area contributed by atoms with Crippen LogP contribution in [0, 0.1) is 6.92 Å². The van der Waals surface area contributed by atoms with Gasteiger partial charge in [0, 0.05) is 23.9 Å². The van der Waals surface area contributed by atoms with Crippen molar-refractivity contribution in [2.24, 2.45) is 0 Å². The number of thioether (sulfide) groups is 1. The van der Waals surface area contributed by atoms with Gasteiger partial charge in [-0.05, 0) is 38.5 Å². The van der Waals surface area contributed by atoms with Gasteiger partial charge >= 0.3 is 0 Å². The number of carbonyl (C=O) groups is 1. The maximum atomic E-state index is 12.8. The van der Waals surface area contributed by atoms with Crippen molar-refractivity contribution in [3.8, 4) is 22.9 Å². The van der Waals surface area contributed by atoms with Gasteiger partial charge < -0.3 is 19.4 Å². The second-order valence-corrected chi connectivity index (χ2v) is 8.74. The number of hydrogen-bond acceptors (Lipinski definition) is 6. The normalized spacial score (nSPS) is 13.6. The second kappa shape index (κ2) is 9.43. The molecule has 1 amide bonds. The van der Waals surface area contributed by atoms with E-state index in [0.717, 1.165) is 29.5 Å². The van der Waals surface area contributed by atoms with Crippen LogP contribution in [-0.4, -0.2) is 39.1 Å². The topological polar surface area (TPSA) is 78.3 Å². The fourth-order valence-electron chi connectivity index (χ4n) is 3.38. The predicted octanol–water partition coefficient (Wildman–Crippen LogP) is 4.55. The number of nitrogens with one attached hydrogen (secondary N) is 1. The van der Waals surface area contributed by atoms with Crippen LogP contribution in [0.1, 0.15) is 25.8 Å². The molecule has 0 bridgehead atoms. The van der Waals surface area contributed by atoms with Crippen molar-refractivity contribution in [3.63, 3.8) is 0 Å². The number of hydrogen-bond donors (Lipinski definition) is 1. The first-order chi connectivity index (χ1) is 15.0. The van der Waals surface area contributed by atoms with Crippen LogP contribution in [0.5, 0.6) is 11.5 Å². The molecule has 1 aromatic heterocycles. The number of carbonyl (C=O) groups excluding carboxylic acids is 1. The first-order valence-electron chi connectivity index (χ1n) is 10.4. The summed E-state index contributed by atoms with van der Waals surface area (Å²) in [4.78, 5) is 12.8. The van der Waals surface area contributed by atoms with E-state index in [2.05, 4.69) is 46.1 Å². The molecule has 1 aliphatic heterocycles. The molecule has 0 aliphatic carbocycles. The van der Waals surface area contributed by atoms with Gasteiger partial charge in [0.25, 0.3) is 0 Å². The summed E-state index contributed by atoms with van der Waals surface area (Å²) in [5.41, 5.74) is 2.88. The van der Waals surface area contributed by atoms with Gasteiger partial charge in [0.15, 0.2) is 22.5 Å². The van der Waals surface area contributed by atoms with E-state index in [1.165, 1.54) is 17.3 Å². The Morgan fingerprint density at radius 1 is 1.16 bits per heavy atom. The molecule has 1 unspecified atom stereocenters. The Bertz CT molecular complexity index is 1080. The van der Waals surface area contributed by atoms with Crippen LogP contribution in [0.25, 0.3) is 11.4 Å². The van der Waals surface area contributed by atoms with Crippen molar-refractivity contribution in [2.75, 3.05) is 18.5 Å². The lowest BCUT2D eigenvalue weighted by Crippen LogP contribution is -2.23. The molecule has 0 saturated heterocycles. The van der Waals surface area contributed by atoms with Crippen LogP contribution in [-0.2, 0) is 11.3 Å². The zero-order valence-corrected chi connectivity index (χ0v) is 18.7. The van der Waals surface area contributed by atoms with Crippen LogP contribution in [0.3, 0.4) is 0 Å². The van der Waals surface area contributed by atoms with Gasteiger partial charge in [-0.25, -0.2) is 0 Å². The summed E-state index contributed by atoms with van der Waals surface area (Å²) in [7, 11) is 0. The second-order valence-electron chi connectivity index (χ2n) is 7.44. The number of amides is 1. The molecule has 162 valence electrons. The summed E-state index contributed by atoms with van der Waals surface area (Å²) in [6.07, 6.45) is 0.947. The molecule has 4 rings (SSSR count). The molecule has 31 heavy (non-hydrogen) atoms. The maximum Gasteiger partial charge on any atom is 0.237 e. The lowest BCUT2D eigenvalue weighted by Gasteiger charge is -2.19. The molecule has 7 nitrogen and oxygen atoms in total. The van der Waals surface area contributed by atoms with Crippen LogP contribution in [0.4, 0.5) is 5.69 Å². The zero-order valence-electron chi connectivity index (χ0n) is 17.9. The molecule has 1 N–H and O–H groups in total. The van der Waals surface area contributed by atoms with E-state index in [1.807, 2.05) is 31.2 Å². The Morgan fingerprint density at radius 3 is 2.74 bits per heavy atom. The molecule has 0 radical (unpaired) electrons. The van der Waals surface area contributed by atoms with Crippen LogP contribution in [0.15, 0.2) is 47.6 Å². The van der Waals surface area contributed by atoms with Crippen molar-refractivity contribution in [1.29, 1.82) is 0 Å². The zero-order chi connectivity index (χ0) is 21.8. The average molecular weight is 439 g/mol. The summed E-state index contributed by atoms with van der Waals surface area (Å²) < 4.78 is 13.2. The van der Waals surface area contributed by atoms with Gasteiger partial charge in [0.2, 0.25) is 5.91 Å². The Morgan fingerprint density at radius 2 is 1.97 bits per heavy atom. The molecular weight excluding hydrogens is 412 g/mol. The molecular formula is C23H26N4O3S. The van der Waals surface area contributed by atoms with Crippen LogP contribution >= 0.6 is 11.8 Å². The molecule has 1 atom stereocenters. The highest BCUT2D eigenvalue weighted by atomic mass is 32.2. The fourth-order valence-corrected chi connectivity index (χ4v) is 4.25. The largest absolute Gasteiger partial charge is 0.486 e. The number of benzene rings is 2. The number of rotatable bonds is 7.